The zero-order valence-electron chi connectivity index (χ0n) is 13.8. The summed E-state index contributed by atoms with van der Waals surface area (Å²) >= 11 is 4.90. The van der Waals surface area contributed by atoms with Crippen molar-refractivity contribution in [3.8, 4) is 5.69 Å². The van der Waals surface area contributed by atoms with Crippen molar-refractivity contribution in [3.63, 3.8) is 0 Å². The Balaban J connectivity index is 2.11. The first-order valence-electron chi connectivity index (χ1n) is 7.60. The number of rotatable bonds is 6. The number of halogens is 1. The molecular formula is C17H22BrN3OS. The van der Waals surface area contributed by atoms with Crippen molar-refractivity contribution in [2.24, 2.45) is 0 Å². The number of amides is 1. The second-order valence-corrected chi connectivity index (χ2v) is 8.27. The molecule has 23 heavy (non-hydrogen) atoms. The van der Waals surface area contributed by atoms with Crippen LogP contribution in [0.15, 0.2) is 46.3 Å². The third kappa shape index (κ3) is 4.85. The normalized spacial score (nSPS) is 12.9. The van der Waals surface area contributed by atoms with Crippen LogP contribution in [0.1, 0.15) is 34.1 Å². The van der Waals surface area contributed by atoms with Crippen molar-refractivity contribution in [3.05, 3.63) is 41.1 Å². The Hall–Kier alpha value is -1.27. The minimum absolute atomic E-state index is 0.0345. The zero-order valence-corrected chi connectivity index (χ0v) is 16.2. The van der Waals surface area contributed by atoms with Crippen LogP contribution >= 0.6 is 27.7 Å². The maximum absolute atomic E-state index is 12.4. The lowest BCUT2D eigenvalue weighted by Gasteiger charge is -2.26. The number of nitrogens with one attached hydrogen (secondary N) is 1. The summed E-state index contributed by atoms with van der Waals surface area (Å²) in [6.45, 7) is 8.04. The van der Waals surface area contributed by atoms with Crippen LogP contribution in [0.5, 0.6) is 0 Å². The van der Waals surface area contributed by atoms with Crippen LogP contribution in [0.3, 0.4) is 0 Å². The molecule has 2 rings (SSSR count). The average molecular weight is 396 g/mol. The van der Waals surface area contributed by atoms with E-state index in [0.717, 1.165) is 21.7 Å². The molecule has 1 heterocycles. The van der Waals surface area contributed by atoms with Gasteiger partial charge in [0.05, 0.1) is 5.25 Å². The van der Waals surface area contributed by atoms with Crippen LogP contribution < -0.4 is 5.32 Å². The molecule has 0 fully saturated rings. The standard InChI is InChI=1S/C17H22BrN3OS/c1-5-17(3,4)20-15(22)12(2)23-16-19-10-11-21(16)14-8-6-13(18)7-9-14/h6-12H,5H2,1-4H3,(H,20,22). The molecule has 0 saturated carbocycles. The average Bonchev–Trinajstić information content (AvgIpc) is 2.95. The largest absolute Gasteiger partial charge is 0.350 e. The van der Waals surface area contributed by atoms with E-state index in [4.69, 9.17) is 0 Å². The van der Waals surface area contributed by atoms with Crippen LogP contribution in [0.25, 0.3) is 5.69 Å². The maximum atomic E-state index is 12.4. The molecule has 0 spiro atoms. The summed E-state index contributed by atoms with van der Waals surface area (Å²) in [7, 11) is 0. The fourth-order valence-corrected chi connectivity index (χ4v) is 3.06. The smallest absolute Gasteiger partial charge is 0.233 e. The molecule has 1 atom stereocenters. The van der Waals surface area contributed by atoms with Gasteiger partial charge in [-0.25, -0.2) is 4.98 Å². The number of hydrogen-bond acceptors (Lipinski definition) is 3. The molecule has 0 radical (unpaired) electrons. The SMILES string of the molecule is CCC(C)(C)NC(=O)C(C)Sc1nccn1-c1ccc(Br)cc1. The Kier molecular flexibility index (Phi) is 5.92. The van der Waals surface area contributed by atoms with Gasteiger partial charge in [0.1, 0.15) is 0 Å². The van der Waals surface area contributed by atoms with Crippen molar-refractivity contribution in [2.45, 2.75) is 50.1 Å². The monoisotopic (exact) mass is 395 g/mol. The molecule has 0 saturated heterocycles. The molecule has 0 aliphatic rings. The van der Waals surface area contributed by atoms with Crippen LogP contribution in [-0.4, -0.2) is 26.2 Å². The third-order valence-corrected chi connectivity index (χ3v) is 5.32. The summed E-state index contributed by atoms with van der Waals surface area (Å²) < 4.78 is 3.02. The molecule has 1 aromatic carbocycles. The molecule has 6 heteroatoms. The van der Waals surface area contributed by atoms with E-state index in [0.29, 0.717) is 0 Å². The molecule has 1 amide bonds. The number of carbonyl (C=O) groups is 1. The number of imidazole rings is 1. The van der Waals surface area contributed by atoms with Gasteiger partial charge >= 0.3 is 0 Å². The van der Waals surface area contributed by atoms with Crippen LogP contribution in [0.4, 0.5) is 0 Å². The topological polar surface area (TPSA) is 46.9 Å². The predicted molar refractivity (Wildman–Crippen MR) is 99.1 cm³/mol. The van der Waals surface area contributed by atoms with Gasteiger partial charge in [0.15, 0.2) is 5.16 Å². The maximum Gasteiger partial charge on any atom is 0.233 e. The number of aromatic nitrogens is 2. The summed E-state index contributed by atoms with van der Waals surface area (Å²) in [5.41, 5.74) is 0.835. The molecular weight excluding hydrogens is 374 g/mol. The van der Waals surface area contributed by atoms with E-state index >= 15 is 0 Å². The number of carbonyl (C=O) groups excluding carboxylic acids is 1. The van der Waals surface area contributed by atoms with Crippen molar-refractivity contribution in [1.29, 1.82) is 0 Å². The minimum atomic E-state index is -0.211. The van der Waals surface area contributed by atoms with E-state index in [2.05, 4.69) is 33.2 Å². The Labute approximate surface area is 150 Å². The highest BCUT2D eigenvalue weighted by molar-refractivity contribution is 9.10. The number of nitrogens with zero attached hydrogens (tertiary/aromatic N) is 2. The van der Waals surface area contributed by atoms with Crippen molar-refractivity contribution in [2.75, 3.05) is 0 Å². The molecule has 0 aliphatic heterocycles. The summed E-state index contributed by atoms with van der Waals surface area (Å²) in [4.78, 5) is 16.7. The molecule has 4 nitrogen and oxygen atoms in total. The Morgan fingerprint density at radius 1 is 1.39 bits per heavy atom. The van der Waals surface area contributed by atoms with Gasteiger partial charge in [-0.1, -0.05) is 34.6 Å². The molecule has 1 N–H and O–H groups in total. The van der Waals surface area contributed by atoms with E-state index in [1.807, 2.05) is 55.8 Å². The quantitative estimate of drug-likeness (QED) is 0.736. The van der Waals surface area contributed by atoms with Gasteiger partial charge < -0.3 is 5.32 Å². The van der Waals surface area contributed by atoms with Crippen LogP contribution in [0, 0.1) is 0 Å². The van der Waals surface area contributed by atoms with Gasteiger partial charge in [0.2, 0.25) is 5.91 Å². The summed E-state index contributed by atoms with van der Waals surface area (Å²) in [6.07, 6.45) is 4.56. The first-order chi connectivity index (χ1) is 10.8. The highest BCUT2D eigenvalue weighted by atomic mass is 79.9. The highest BCUT2D eigenvalue weighted by Gasteiger charge is 2.23. The van der Waals surface area contributed by atoms with E-state index in [9.17, 15) is 4.79 Å². The minimum Gasteiger partial charge on any atom is -0.350 e. The summed E-state index contributed by atoms with van der Waals surface area (Å²) in [5.74, 6) is 0.0345. The Morgan fingerprint density at radius 3 is 2.65 bits per heavy atom. The second-order valence-electron chi connectivity index (χ2n) is 6.04. The summed E-state index contributed by atoms with van der Waals surface area (Å²) in [5, 5.41) is 3.68. The number of hydrogen-bond donors (Lipinski definition) is 1. The Morgan fingerprint density at radius 2 is 2.04 bits per heavy atom. The first-order valence-corrected chi connectivity index (χ1v) is 9.27. The fourth-order valence-electron chi connectivity index (χ4n) is 1.91. The molecule has 0 aliphatic carbocycles. The summed E-state index contributed by atoms with van der Waals surface area (Å²) in [6, 6.07) is 8.01. The van der Waals surface area contributed by atoms with Gasteiger partial charge in [-0.15, -0.1) is 0 Å². The Bertz CT molecular complexity index is 667. The van der Waals surface area contributed by atoms with Crippen LogP contribution in [0.2, 0.25) is 0 Å². The molecule has 1 unspecified atom stereocenters. The van der Waals surface area contributed by atoms with Gasteiger partial charge in [0, 0.05) is 28.1 Å². The van der Waals surface area contributed by atoms with Crippen molar-refractivity contribution >= 4 is 33.6 Å². The van der Waals surface area contributed by atoms with Gasteiger partial charge in [-0.3, -0.25) is 9.36 Å². The van der Waals surface area contributed by atoms with E-state index in [-0.39, 0.29) is 16.7 Å². The lowest BCUT2D eigenvalue weighted by atomic mass is 10.0. The molecule has 124 valence electrons. The lowest BCUT2D eigenvalue weighted by molar-refractivity contribution is -0.121. The van der Waals surface area contributed by atoms with E-state index in [1.165, 1.54) is 11.8 Å². The van der Waals surface area contributed by atoms with Gasteiger partial charge in [-0.05, 0) is 51.5 Å². The zero-order chi connectivity index (χ0) is 17.0. The van der Waals surface area contributed by atoms with Crippen LogP contribution in [-0.2, 0) is 4.79 Å². The van der Waals surface area contributed by atoms with Gasteiger partial charge in [-0.2, -0.15) is 0 Å². The molecule has 0 bridgehead atoms. The van der Waals surface area contributed by atoms with Gasteiger partial charge in [0.25, 0.3) is 0 Å². The second kappa shape index (κ2) is 7.53. The predicted octanol–water partition coefficient (Wildman–Crippen LogP) is 4.42. The van der Waals surface area contributed by atoms with E-state index in [1.54, 1.807) is 6.20 Å². The van der Waals surface area contributed by atoms with Crippen molar-refractivity contribution < 1.29 is 4.79 Å². The first kappa shape index (κ1) is 18.1. The number of thioether (sulfide) groups is 1. The third-order valence-electron chi connectivity index (χ3n) is 3.71. The van der Waals surface area contributed by atoms with E-state index < -0.39 is 0 Å². The highest BCUT2D eigenvalue weighted by Crippen LogP contribution is 2.26. The fraction of sp³-hybridized carbons (Fsp3) is 0.412. The molecule has 1 aromatic heterocycles. The molecule has 2 aromatic rings. The lowest BCUT2D eigenvalue weighted by Crippen LogP contribution is -2.46. The number of benzene rings is 1. The van der Waals surface area contributed by atoms with Crippen molar-refractivity contribution in [1.82, 2.24) is 14.9 Å².